The minimum absolute atomic E-state index is 0.337. The van der Waals surface area contributed by atoms with E-state index in [0.717, 1.165) is 0 Å². The van der Waals surface area contributed by atoms with Crippen molar-refractivity contribution in [3.05, 3.63) is 51.9 Å². The number of carbonyl (C=O) groups is 2. The Hall–Kier alpha value is -2.93. The molecular formula is C21H25ClN2O5. The van der Waals surface area contributed by atoms with Crippen LogP contribution in [0.15, 0.2) is 28.7 Å². The molecule has 29 heavy (non-hydrogen) atoms. The summed E-state index contributed by atoms with van der Waals surface area (Å²) < 4.78 is 16.3. The van der Waals surface area contributed by atoms with E-state index in [1.165, 1.54) is 13.2 Å². The zero-order chi connectivity index (χ0) is 21.6. The van der Waals surface area contributed by atoms with Crippen LogP contribution in [-0.4, -0.2) is 25.5 Å². The number of ether oxygens (including phenoxy) is 2. The summed E-state index contributed by atoms with van der Waals surface area (Å²) in [5.41, 5.74) is 5.66. The molecule has 2 N–H and O–H groups in total. The highest BCUT2D eigenvalue weighted by Crippen LogP contribution is 2.37. The number of aryl methyl sites for hydroxylation is 2. The van der Waals surface area contributed by atoms with Crippen LogP contribution in [0.3, 0.4) is 0 Å². The van der Waals surface area contributed by atoms with Gasteiger partial charge in [-0.25, -0.2) is 0 Å². The smallest absolute Gasteiger partial charge is 0.273 e. The zero-order valence-corrected chi connectivity index (χ0v) is 17.8. The van der Waals surface area contributed by atoms with E-state index in [4.69, 9.17) is 25.5 Å². The highest BCUT2D eigenvalue weighted by atomic mass is 35.5. The zero-order valence-electron chi connectivity index (χ0n) is 17.1. The molecule has 0 saturated heterocycles. The molecule has 2 amide bonds. The number of hydrogen-bond donors (Lipinski definition) is 2. The van der Waals surface area contributed by atoms with E-state index >= 15 is 0 Å². The number of methoxy groups -OCH3 is 1. The number of rotatable bonds is 7. The summed E-state index contributed by atoms with van der Waals surface area (Å²) in [6.45, 7) is 7.98. The number of carbonyl (C=O) groups excluding carboxylic acids is 2. The van der Waals surface area contributed by atoms with Gasteiger partial charge in [-0.15, -0.1) is 0 Å². The van der Waals surface area contributed by atoms with Gasteiger partial charge in [-0.2, -0.15) is 0 Å². The lowest BCUT2D eigenvalue weighted by Gasteiger charge is -2.14. The number of hydrogen-bond acceptors (Lipinski definition) is 5. The van der Waals surface area contributed by atoms with E-state index in [1.54, 1.807) is 38.1 Å². The lowest BCUT2D eigenvalue weighted by molar-refractivity contribution is -0.117. The summed E-state index contributed by atoms with van der Waals surface area (Å²) in [5, 5.41) is 0.379. The van der Waals surface area contributed by atoms with Crippen LogP contribution in [0.4, 0.5) is 0 Å². The van der Waals surface area contributed by atoms with Crippen molar-refractivity contribution >= 4 is 29.5 Å². The van der Waals surface area contributed by atoms with E-state index in [-0.39, 0.29) is 0 Å². The highest BCUT2D eigenvalue weighted by Gasteiger charge is 2.14. The molecule has 0 fully saturated rings. The second-order valence-corrected chi connectivity index (χ2v) is 7.25. The van der Waals surface area contributed by atoms with Crippen molar-refractivity contribution in [1.29, 1.82) is 0 Å². The summed E-state index contributed by atoms with van der Waals surface area (Å²) in [6, 6.07) is 4.98. The Morgan fingerprint density at radius 2 is 1.93 bits per heavy atom. The van der Waals surface area contributed by atoms with Gasteiger partial charge in [-0.1, -0.05) is 25.4 Å². The normalized spacial score (nSPS) is 11.0. The predicted octanol–water partition coefficient (Wildman–Crippen LogP) is 4.07. The molecular weight excluding hydrogens is 396 g/mol. The molecule has 0 spiro atoms. The van der Waals surface area contributed by atoms with Crippen molar-refractivity contribution in [3.63, 3.8) is 0 Å². The molecule has 2 rings (SSSR count). The van der Waals surface area contributed by atoms with Crippen LogP contribution < -0.4 is 20.3 Å². The minimum atomic E-state index is -0.508. The van der Waals surface area contributed by atoms with Crippen molar-refractivity contribution < 1.29 is 23.5 Å². The molecule has 156 valence electrons. The molecule has 0 bridgehead atoms. The molecule has 1 aromatic heterocycles. The van der Waals surface area contributed by atoms with Gasteiger partial charge in [0.25, 0.3) is 11.8 Å². The van der Waals surface area contributed by atoms with Crippen molar-refractivity contribution in [2.75, 3.05) is 13.7 Å². The number of benzene rings is 1. The van der Waals surface area contributed by atoms with Crippen LogP contribution in [0.1, 0.15) is 41.3 Å². The summed E-state index contributed by atoms with van der Waals surface area (Å²) >= 11 is 6.29. The Bertz CT molecular complexity index is 918. The standard InChI is InChI=1S/C21H25ClN2O5/c1-12(2)11-28-20-17(22)9-15(10-18(20)27-5)6-7-19(25)23-24-21(26)16-8-13(3)29-14(16)4/h6-10,12H,11H2,1-5H3,(H,23,25)(H,24,26)/b7-6+. The molecule has 2 aromatic rings. The maximum atomic E-state index is 12.1. The predicted molar refractivity (Wildman–Crippen MR) is 111 cm³/mol. The van der Waals surface area contributed by atoms with E-state index in [0.29, 0.717) is 51.7 Å². The first-order valence-electron chi connectivity index (χ1n) is 9.07. The van der Waals surface area contributed by atoms with Gasteiger partial charge >= 0.3 is 0 Å². The van der Waals surface area contributed by atoms with E-state index in [1.807, 2.05) is 13.8 Å². The Morgan fingerprint density at radius 1 is 1.21 bits per heavy atom. The molecule has 1 aromatic carbocycles. The third kappa shape index (κ3) is 6.29. The SMILES string of the molecule is COc1cc(/C=C/C(=O)NNC(=O)c2cc(C)oc2C)cc(Cl)c1OCC(C)C. The fourth-order valence-electron chi connectivity index (χ4n) is 2.48. The molecule has 1 heterocycles. The topological polar surface area (TPSA) is 89.8 Å². The Balaban J connectivity index is 2.01. The molecule has 0 aliphatic heterocycles. The van der Waals surface area contributed by atoms with Crippen LogP contribution in [0.5, 0.6) is 11.5 Å². The van der Waals surface area contributed by atoms with Gasteiger partial charge in [0.05, 0.1) is 24.3 Å². The quantitative estimate of drug-likeness (QED) is 0.520. The first kappa shape index (κ1) is 22.4. The Kier molecular flexibility index (Phi) is 7.73. The Morgan fingerprint density at radius 3 is 2.52 bits per heavy atom. The first-order valence-corrected chi connectivity index (χ1v) is 9.44. The van der Waals surface area contributed by atoms with Gasteiger partial charge in [-0.3, -0.25) is 20.4 Å². The molecule has 0 aliphatic carbocycles. The molecule has 0 aliphatic rings. The number of nitrogens with one attached hydrogen (secondary N) is 2. The third-order valence-electron chi connectivity index (χ3n) is 3.82. The average Bonchev–Trinajstić information content (AvgIpc) is 3.01. The van der Waals surface area contributed by atoms with Crippen LogP contribution in [0.25, 0.3) is 6.08 Å². The van der Waals surface area contributed by atoms with Gasteiger partial charge in [0.2, 0.25) is 0 Å². The Labute approximate surface area is 175 Å². The number of halogens is 1. The van der Waals surface area contributed by atoms with Crippen LogP contribution >= 0.6 is 11.6 Å². The van der Waals surface area contributed by atoms with Crippen molar-refractivity contribution in [1.82, 2.24) is 10.9 Å². The fourth-order valence-corrected chi connectivity index (χ4v) is 2.76. The van der Waals surface area contributed by atoms with Gasteiger partial charge in [0.15, 0.2) is 11.5 Å². The lowest BCUT2D eigenvalue weighted by atomic mass is 10.1. The maximum absolute atomic E-state index is 12.1. The second kappa shape index (κ2) is 10.0. The van der Waals surface area contributed by atoms with Crippen LogP contribution in [0.2, 0.25) is 5.02 Å². The van der Waals surface area contributed by atoms with Gasteiger partial charge in [0.1, 0.15) is 11.5 Å². The summed E-state index contributed by atoms with van der Waals surface area (Å²) in [4.78, 5) is 24.1. The summed E-state index contributed by atoms with van der Waals surface area (Å²) in [6.07, 6.45) is 2.82. The molecule has 0 radical (unpaired) electrons. The van der Waals surface area contributed by atoms with E-state index in [2.05, 4.69) is 10.9 Å². The minimum Gasteiger partial charge on any atom is -0.493 e. The number of hydrazine groups is 1. The van der Waals surface area contributed by atoms with Gasteiger partial charge in [0, 0.05) is 6.08 Å². The number of amides is 2. The largest absolute Gasteiger partial charge is 0.493 e. The molecule has 8 heteroatoms. The van der Waals surface area contributed by atoms with Crippen molar-refractivity contribution in [2.45, 2.75) is 27.7 Å². The average molecular weight is 421 g/mol. The van der Waals surface area contributed by atoms with E-state index < -0.39 is 11.8 Å². The summed E-state index contributed by atoms with van der Waals surface area (Å²) in [5.74, 6) is 1.39. The second-order valence-electron chi connectivity index (χ2n) is 6.84. The molecule has 0 atom stereocenters. The monoisotopic (exact) mass is 420 g/mol. The number of furan rings is 1. The van der Waals surface area contributed by atoms with Crippen LogP contribution in [0, 0.1) is 19.8 Å². The fraction of sp³-hybridized carbons (Fsp3) is 0.333. The maximum Gasteiger partial charge on any atom is 0.273 e. The van der Waals surface area contributed by atoms with Crippen LogP contribution in [-0.2, 0) is 4.79 Å². The molecule has 0 saturated carbocycles. The van der Waals surface area contributed by atoms with Crippen molar-refractivity contribution in [2.24, 2.45) is 5.92 Å². The summed E-state index contributed by atoms with van der Waals surface area (Å²) in [7, 11) is 1.52. The van der Waals surface area contributed by atoms with Gasteiger partial charge in [-0.05, 0) is 49.6 Å². The van der Waals surface area contributed by atoms with Crippen molar-refractivity contribution in [3.8, 4) is 11.5 Å². The lowest BCUT2D eigenvalue weighted by Crippen LogP contribution is -2.40. The third-order valence-corrected chi connectivity index (χ3v) is 4.11. The van der Waals surface area contributed by atoms with Gasteiger partial charge < -0.3 is 13.9 Å². The highest BCUT2D eigenvalue weighted by molar-refractivity contribution is 6.32. The van der Waals surface area contributed by atoms with E-state index in [9.17, 15) is 9.59 Å². The molecule has 0 unspecified atom stereocenters. The molecule has 7 nitrogen and oxygen atoms in total. The first-order chi connectivity index (χ1) is 13.7.